The molecule has 0 aromatic heterocycles. The summed E-state index contributed by atoms with van der Waals surface area (Å²) in [7, 11) is -4.74. The molecule has 0 saturated heterocycles. The van der Waals surface area contributed by atoms with Crippen molar-refractivity contribution in [3.05, 3.63) is 323 Å². The number of aromatic hydroxyl groups is 1. The topological polar surface area (TPSA) is 164 Å². The number of phenols is 1. The molecule has 0 amide bonds. The van der Waals surface area contributed by atoms with Gasteiger partial charge < -0.3 is 19.1 Å². The number of esters is 2. The minimum absolute atomic E-state index is 0.155. The minimum atomic E-state index is -3.92. The molecule has 0 radical (unpaired) electrons. The van der Waals surface area contributed by atoms with Gasteiger partial charge in [-0.3, -0.25) is 9.59 Å². The third-order valence-corrected chi connectivity index (χ3v) is 21.0. The van der Waals surface area contributed by atoms with Crippen molar-refractivity contribution in [2.24, 2.45) is 0 Å². The lowest BCUT2D eigenvalue weighted by atomic mass is 10.1. The van der Waals surface area contributed by atoms with Crippen LogP contribution in [0.2, 0.25) is 0 Å². The molecular weight excluding hydrogens is 1280 g/mol. The highest BCUT2D eigenvalue weighted by Crippen LogP contribution is 2.39. The van der Waals surface area contributed by atoms with E-state index in [1.54, 1.807) is 24.3 Å². The highest BCUT2D eigenvalue weighted by molar-refractivity contribution is 7.97. The van der Waals surface area contributed by atoms with Gasteiger partial charge in [0.05, 0.1) is 53.9 Å². The molecule has 11 aromatic carbocycles. The van der Waals surface area contributed by atoms with E-state index in [0.29, 0.717) is 23.5 Å². The monoisotopic (exact) mass is 1350 g/mol. The van der Waals surface area contributed by atoms with Crippen LogP contribution in [0, 0.1) is 41.5 Å². The maximum Gasteiger partial charge on any atom is 0.343 e. The van der Waals surface area contributed by atoms with Gasteiger partial charge in [-0.1, -0.05) is 133 Å². The zero-order chi connectivity index (χ0) is 66.8. The number of benzene rings is 11. The first-order valence-corrected chi connectivity index (χ1v) is 35.3. The van der Waals surface area contributed by atoms with Crippen LogP contribution in [-0.2, 0) is 42.8 Å². The molecule has 11 rings (SSSR count). The smallest absolute Gasteiger partial charge is 0.343 e. The van der Waals surface area contributed by atoms with Crippen LogP contribution >= 0.6 is 23.2 Å². The number of carbonyl (C=O) groups excluding carboxylic acids is 4. The number of phenolic OH excluding ortho intramolecular Hbond substituents is 1. The summed E-state index contributed by atoms with van der Waals surface area (Å²) in [4.78, 5) is 59.4. The maximum atomic E-state index is 13.6. The Morgan fingerprint density at radius 3 is 0.763 bits per heavy atom. The van der Waals surface area contributed by atoms with Gasteiger partial charge in [0.1, 0.15) is 17.2 Å². The molecule has 0 aliphatic carbocycles. The molecule has 10 nitrogen and oxygen atoms in total. The summed E-state index contributed by atoms with van der Waals surface area (Å²) in [5, 5.41) is 8.85. The first kappa shape index (κ1) is 69.9. The highest BCUT2D eigenvalue weighted by Gasteiger charge is 2.33. The molecular formula is C77H66Cl2O10S4+2. The van der Waals surface area contributed by atoms with Crippen LogP contribution in [0.25, 0.3) is 0 Å². The Kier molecular flexibility index (Phi) is 24.8. The Bertz CT molecular complexity index is 4110. The number of halogens is 2. The van der Waals surface area contributed by atoms with Gasteiger partial charge in [-0.2, -0.15) is 0 Å². The summed E-state index contributed by atoms with van der Waals surface area (Å²) in [6.45, 7) is 11.8. The van der Waals surface area contributed by atoms with E-state index in [0.717, 1.165) is 43.2 Å². The second-order valence-corrected chi connectivity index (χ2v) is 29.3. The van der Waals surface area contributed by atoms with Crippen LogP contribution in [0.5, 0.6) is 17.2 Å². The number of ether oxygens (including phenoxy) is 2. The van der Waals surface area contributed by atoms with Gasteiger partial charge >= 0.3 is 11.9 Å². The molecule has 0 heterocycles. The Labute approximate surface area is 562 Å². The van der Waals surface area contributed by atoms with Crippen molar-refractivity contribution in [1.82, 2.24) is 0 Å². The highest BCUT2D eigenvalue weighted by atomic mass is 35.5. The molecule has 93 heavy (non-hydrogen) atoms. The lowest BCUT2D eigenvalue weighted by Gasteiger charge is -2.15. The normalized spacial score (nSPS) is 10.8. The van der Waals surface area contributed by atoms with E-state index in [-0.39, 0.29) is 54.9 Å². The van der Waals surface area contributed by atoms with Gasteiger partial charge in [0.15, 0.2) is 44.1 Å². The van der Waals surface area contributed by atoms with Gasteiger partial charge in [0, 0.05) is 53.8 Å². The first-order chi connectivity index (χ1) is 44.5. The van der Waals surface area contributed by atoms with Crippen molar-refractivity contribution in [2.75, 3.05) is 6.26 Å². The summed E-state index contributed by atoms with van der Waals surface area (Å²) >= 11 is 10.4. The molecule has 0 atom stereocenters. The quantitative estimate of drug-likeness (QED) is 0.0343. The van der Waals surface area contributed by atoms with E-state index >= 15 is 0 Å². The average molecular weight is 1350 g/mol. The molecule has 0 spiro atoms. The molecule has 0 saturated carbocycles. The molecule has 11 aromatic rings. The Morgan fingerprint density at radius 1 is 0.333 bits per heavy atom. The fourth-order valence-corrected chi connectivity index (χ4v) is 16.8. The molecule has 1 N–H and O–H groups in total. The van der Waals surface area contributed by atoms with Crippen molar-refractivity contribution < 1.29 is 46.7 Å². The van der Waals surface area contributed by atoms with Crippen LogP contribution in [0.4, 0.5) is 0 Å². The SMILES string of the molecule is CS(=O)(=O)[O-].Cc1cc([S+](c2ccccc2)c2ccccc2)cc(C)c1O.Cc1cc([S+](c2ccccc2)c2ccccc2)cc(C)c1OC(=O)c1cccc(C(=O)Oc2c(C)cc([S+](c3ccccc3)c3ccccc3)cc2C)c1.O=C(Cl)c1cccc(C(=O)Cl)c1. The fraction of sp³-hybridized carbons (Fsp3) is 0.0909. The second kappa shape index (κ2) is 33.1. The third kappa shape index (κ3) is 19.5. The molecule has 470 valence electrons. The molecule has 0 bridgehead atoms. The Morgan fingerprint density at radius 2 is 0.538 bits per heavy atom. The van der Waals surface area contributed by atoms with Crippen molar-refractivity contribution in [2.45, 2.75) is 85.6 Å². The number of aryl methyl sites for hydroxylation is 6. The average Bonchev–Trinajstić information content (AvgIpc) is 1.02. The van der Waals surface area contributed by atoms with Crippen LogP contribution < -0.4 is 9.47 Å². The molecule has 0 aliphatic heterocycles. The van der Waals surface area contributed by atoms with Crippen LogP contribution in [-0.4, -0.2) is 46.8 Å². The van der Waals surface area contributed by atoms with Crippen LogP contribution in [0.3, 0.4) is 0 Å². The van der Waals surface area contributed by atoms with Crippen molar-refractivity contribution in [3.8, 4) is 17.2 Å². The van der Waals surface area contributed by atoms with E-state index in [1.165, 1.54) is 58.5 Å². The van der Waals surface area contributed by atoms with Crippen LogP contribution in [0.1, 0.15) is 74.8 Å². The third-order valence-electron chi connectivity index (χ3n) is 14.0. The lowest BCUT2D eigenvalue weighted by Crippen LogP contribution is -2.15. The zero-order valence-electron chi connectivity index (χ0n) is 51.9. The summed E-state index contributed by atoms with van der Waals surface area (Å²) < 4.78 is 39.3. The number of hydrogen-bond donors (Lipinski definition) is 1. The molecule has 0 unspecified atom stereocenters. The zero-order valence-corrected chi connectivity index (χ0v) is 56.7. The maximum absolute atomic E-state index is 13.6. The second-order valence-electron chi connectivity index (χ2n) is 21.2. The van der Waals surface area contributed by atoms with Gasteiger partial charge in [0.2, 0.25) is 0 Å². The van der Waals surface area contributed by atoms with E-state index in [2.05, 4.69) is 182 Å². The lowest BCUT2D eigenvalue weighted by molar-refractivity contribution is 0.0731. The number of carbonyl (C=O) groups is 4. The predicted molar refractivity (Wildman–Crippen MR) is 373 cm³/mol. The standard InChI is InChI=1S/C48H40O4S2.C20H18OS.C8H4Cl2O2.CH4O3S/c1-33-28-43(53(39-20-9-5-10-21-39)40-22-11-6-12-23-40)29-34(2)45(33)51-47(49)37-18-17-19-38(32-37)48(50)52-46-35(3)30-44(31-36(46)4)54(41-24-13-7-14-25-41)42-26-15-8-16-27-42;1-15-13-19(14-16(2)20(15)21)22(17-9-5-3-6-10-17)18-11-7-4-8-12-18;9-7(11)5-2-1-3-6(4-5)8(10)12;1-5(2,3)4/h5-32H,1-4H3;3-14H,1-2H3;1-4H;1H3,(H,2,3,4)/q+2;;;. The number of hydrogen-bond acceptors (Lipinski definition) is 10. The van der Waals surface area contributed by atoms with E-state index in [9.17, 15) is 24.3 Å². The van der Waals surface area contributed by atoms with Gasteiger partial charge in [0.25, 0.3) is 10.5 Å². The summed E-state index contributed by atoms with van der Waals surface area (Å²) in [5.74, 6) is 0.336. The van der Waals surface area contributed by atoms with Crippen molar-refractivity contribution in [3.63, 3.8) is 0 Å². The van der Waals surface area contributed by atoms with E-state index in [4.69, 9.17) is 45.6 Å². The van der Waals surface area contributed by atoms with Gasteiger partial charge in [-0.05, 0) is 195 Å². The summed E-state index contributed by atoms with van der Waals surface area (Å²) in [6.07, 6.45) is 0.604. The molecule has 0 aliphatic rings. The van der Waals surface area contributed by atoms with E-state index < -0.39 is 32.5 Å². The Balaban J connectivity index is 0.000000230. The first-order valence-electron chi connectivity index (χ1n) is 29.1. The number of rotatable bonds is 15. The summed E-state index contributed by atoms with van der Waals surface area (Å²) in [5.41, 5.74) is 6.35. The Hall–Kier alpha value is -8.96. The van der Waals surface area contributed by atoms with Crippen molar-refractivity contribution in [1.29, 1.82) is 0 Å². The molecule has 0 fully saturated rings. The van der Waals surface area contributed by atoms with Gasteiger partial charge in [-0.15, -0.1) is 0 Å². The minimum Gasteiger partial charge on any atom is -0.748 e. The van der Waals surface area contributed by atoms with Gasteiger partial charge in [-0.25, -0.2) is 18.0 Å². The fourth-order valence-electron chi connectivity index (χ4n) is 9.82. The predicted octanol–water partition coefficient (Wildman–Crippen LogP) is 18.3. The van der Waals surface area contributed by atoms with Crippen molar-refractivity contribution >= 4 is 88.4 Å². The molecule has 16 heteroatoms. The largest absolute Gasteiger partial charge is 0.748 e. The van der Waals surface area contributed by atoms with E-state index in [1.807, 2.05) is 77.9 Å². The van der Waals surface area contributed by atoms with Crippen LogP contribution in [0.15, 0.2) is 311 Å². The summed E-state index contributed by atoms with van der Waals surface area (Å²) in [6, 6.07) is 88.0.